The van der Waals surface area contributed by atoms with Gasteiger partial charge in [0.05, 0.1) is 24.8 Å². The van der Waals surface area contributed by atoms with Gasteiger partial charge in [-0.2, -0.15) is 0 Å². The fourth-order valence-corrected chi connectivity index (χ4v) is 3.44. The van der Waals surface area contributed by atoms with Gasteiger partial charge in [-0.15, -0.1) is 0 Å². The molecule has 2 amide bonds. The zero-order chi connectivity index (χ0) is 21.8. The van der Waals surface area contributed by atoms with Gasteiger partial charge >= 0.3 is 0 Å². The van der Waals surface area contributed by atoms with Gasteiger partial charge in [0.25, 0.3) is 11.8 Å². The van der Waals surface area contributed by atoms with E-state index in [0.717, 1.165) is 16.2 Å². The van der Waals surface area contributed by atoms with Crippen LogP contribution in [0.2, 0.25) is 0 Å². The fraction of sp³-hybridized carbons (Fsp3) is 0.125. The molecule has 0 aliphatic heterocycles. The van der Waals surface area contributed by atoms with E-state index in [1.54, 1.807) is 30.5 Å². The second-order valence-corrected chi connectivity index (χ2v) is 6.75. The van der Waals surface area contributed by atoms with Crippen molar-refractivity contribution in [3.8, 4) is 11.5 Å². The number of fused-ring (bicyclic) bond motifs is 3. The molecule has 156 valence electrons. The van der Waals surface area contributed by atoms with Crippen LogP contribution >= 0.6 is 0 Å². The summed E-state index contributed by atoms with van der Waals surface area (Å²) in [5, 5.41) is 2.79. The molecule has 0 unspecified atom stereocenters. The minimum Gasteiger partial charge on any atom is -0.493 e. The van der Waals surface area contributed by atoms with E-state index in [0.29, 0.717) is 34.7 Å². The summed E-state index contributed by atoms with van der Waals surface area (Å²) in [5.41, 5.74) is 6.19. The second-order valence-electron chi connectivity index (χ2n) is 6.75. The Balaban J connectivity index is 1.58. The summed E-state index contributed by atoms with van der Waals surface area (Å²) in [6.45, 7) is 2.34. The highest BCUT2D eigenvalue weighted by Gasteiger charge is 2.16. The predicted molar refractivity (Wildman–Crippen MR) is 118 cm³/mol. The first-order valence-electron chi connectivity index (χ1n) is 9.80. The Labute approximate surface area is 179 Å². The Morgan fingerprint density at radius 3 is 2.48 bits per heavy atom. The largest absolute Gasteiger partial charge is 0.493 e. The number of pyridine rings is 1. The number of rotatable bonds is 5. The number of ether oxygens (including phenoxy) is 2. The normalized spacial score (nSPS) is 10.6. The molecule has 0 aliphatic rings. The molecule has 4 aromatic rings. The molecule has 0 radical (unpaired) electrons. The van der Waals surface area contributed by atoms with Crippen LogP contribution in [0.1, 0.15) is 27.6 Å². The van der Waals surface area contributed by atoms with E-state index in [1.165, 1.54) is 7.11 Å². The zero-order valence-electron chi connectivity index (χ0n) is 17.1. The van der Waals surface area contributed by atoms with E-state index < -0.39 is 11.8 Å². The molecule has 0 atom stereocenters. The number of nitrogens with one attached hydrogen (secondary N) is 2. The molecule has 0 bridgehead atoms. The molecule has 0 saturated heterocycles. The number of carbonyl (C=O) groups is 2. The van der Waals surface area contributed by atoms with Gasteiger partial charge in [0, 0.05) is 17.1 Å². The predicted octanol–water partition coefficient (Wildman–Crippen LogP) is 3.87. The highest BCUT2D eigenvalue weighted by Crippen LogP contribution is 2.28. The number of amides is 2. The highest BCUT2D eigenvalue weighted by atomic mass is 16.5. The van der Waals surface area contributed by atoms with Crippen molar-refractivity contribution in [2.75, 3.05) is 13.7 Å². The molecule has 31 heavy (non-hydrogen) atoms. The minimum absolute atomic E-state index is 0.321. The number of hydrazine groups is 1. The summed E-state index contributed by atoms with van der Waals surface area (Å²) in [6, 6.07) is 18.1. The monoisotopic (exact) mass is 415 g/mol. The Hall–Kier alpha value is -4.13. The molecule has 7 nitrogen and oxygen atoms in total. The first kappa shape index (κ1) is 20.2. The Morgan fingerprint density at radius 1 is 0.903 bits per heavy atom. The third kappa shape index (κ3) is 3.98. The summed E-state index contributed by atoms with van der Waals surface area (Å²) in [7, 11) is 1.50. The number of hydrogen-bond donors (Lipinski definition) is 2. The number of benzene rings is 3. The van der Waals surface area contributed by atoms with Crippen molar-refractivity contribution >= 4 is 33.5 Å². The Bertz CT molecular complexity index is 1290. The number of carbonyl (C=O) groups excluding carboxylic acids is 2. The topological polar surface area (TPSA) is 89.6 Å². The molecular formula is C24H21N3O4. The first-order chi connectivity index (χ1) is 15.1. The number of methoxy groups -OCH3 is 1. The maximum Gasteiger partial charge on any atom is 0.271 e. The fourth-order valence-electron chi connectivity index (χ4n) is 3.44. The van der Waals surface area contributed by atoms with E-state index in [-0.39, 0.29) is 0 Å². The van der Waals surface area contributed by atoms with Crippen molar-refractivity contribution in [3.05, 3.63) is 78.0 Å². The van der Waals surface area contributed by atoms with Crippen LogP contribution in [0.3, 0.4) is 0 Å². The summed E-state index contributed by atoms with van der Waals surface area (Å²) in [4.78, 5) is 29.8. The Kier molecular flexibility index (Phi) is 5.66. The average molecular weight is 415 g/mol. The third-order valence-electron chi connectivity index (χ3n) is 4.87. The van der Waals surface area contributed by atoms with Crippen molar-refractivity contribution in [1.29, 1.82) is 0 Å². The second kappa shape index (κ2) is 8.71. The molecule has 0 fully saturated rings. The number of hydrogen-bond acceptors (Lipinski definition) is 5. The van der Waals surface area contributed by atoms with Gasteiger partial charge in [0.1, 0.15) is 0 Å². The summed E-state index contributed by atoms with van der Waals surface area (Å²) in [6.07, 6.45) is 1.64. The van der Waals surface area contributed by atoms with Gasteiger partial charge in [-0.05, 0) is 48.0 Å². The molecular weight excluding hydrogens is 394 g/mol. The highest BCUT2D eigenvalue weighted by molar-refractivity contribution is 6.16. The maximum atomic E-state index is 12.9. The summed E-state index contributed by atoms with van der Waals surface area (Å²) < 4.78 is 10.7. The van der Waals surface area contributed by atoms with Gasteiger partial charge < -0.3 is 9.47 Å². The molecule has 2 N–H and O–H groups in total. The molecule has 1 heterocycles. The quantitative estimate of drug-likeness (QED) is 0.382. The maximum absolute atomic E-state index is 12.9. The van der Waals surface area contributed by atoms with Crippen LogP contribution in [0.15, 0.2) is 66.9 Å². The van der Waals surface area contributed by atoms with Gasteiger partial charge in [0.2, 0.25) is 0 Å². The SMILES string of the molecule is CCOc1ccc(C(=O)NNC(=O)c2cc3ccccc3c3cccnc23)cc1OC. The minimum atomic E-state index is -0.479. The van der Waals surface area contributed by atoms with Crippen LogP contribution in [0.4, 0.5) is 0 Å². The van der Waals surface area contributed by atoms with E-state index in [9.17, 15) is 9.59 Å². The standard InChI is InChI=1S/C24H21N3O4/c1-3-31-20-11-10-16(14-21(20)30-2)23(28)26-27-24(29)19-13-15-7-4-5-8-17(15)18-9-6-12-25-22(18)19/h4-14H,3H2,1-2H3,(H,26,28)(H,27,29). The van der Waals surface area contributed by atoms with E-state index in [4.69, 9.17) is 9.47 Å². The smallest absolute Gasteiger partial charge is 0.271 e. The van der Waals surface area contributed by atoms with Crippen LogP contribution in [0.5, 0.6) is 11.5 Å². The summed E-state index contributed by atoms with van der Waals surface area (Å²) in [5.74, 6) is 0.0401. The average Bonchev–Trinajstić information content (AvgIpc) is 2.82. The molecule has 0 aliphatic carbocycles. The van der Waals surface area contributed by atoms with Crippen LogP contribution < -0.4 is 20.3 Å². The summed E-state index contributed by atoms with van der Waals surface area (Å²) >= 11 is 0. The molecule has 7 heteroatoms. The van der Waals surface area contributed by atoms with Gasteiger partial charge in [-0.3, -0.25) is 25.4 Å². The van der Waals surface area contributed by atoms with Crippen molar-refractivity contribution in [1.82, 2.24) is 15.8 Å². The van der Waals surface area contributed by atoms with Crippen LogP contribution in [-0.4, -0.2) is 30.5 Å². The Morgan fingerprint density at radius 2 is 1.68 bits per heavy atom. The van der Waals surface area contributed by atoms with Crippen molar-refractivity contribution in [3.63, 3.8) is 0 Å². The molecule has 0 saturated carbocycles. The first-order valence-corrected chi connectivity index (χ1v) is 9.80. The lowest BCUT2D eigenvalue weighted by Gasteiger charge is -2.13. The lowest BCUT2D eigenvalue weighted by atomic mass is 10.0. The van der Waals surface area contributed by atoms with Crippen molar-refractivity contribution in [2.45, 2.75) is 6.92 Å². The van der Waals surface area contributed by atoms with Crippen molar-refractivity contribution < 1.29 is 19.1 Å². The van der Waals surface area contributed by atoms with Gasteiger partial charge in [-0.25, -0.2) is 0 Å². The van der Waals surface area contributed by atoms with E-state index in [1.807, 2.05) is 43.3 Å². The van der Waals surface area contributed by atoms with Crippen molar-refractivity contribution in [2.24, 2.45) is 0 Å². The van der Waals surface area contributed by atoms with Gasteiger partial charge in [0.15, 0.2) is 11.5 Å². The molecule has 1 aromatic heterocycles. The zero-order valence-corrected chi connectivity index (χ0v) is 17.1. The van der Waals surface area contributed by atoms with Gasteiger partial charge in [-0.1, -0.05) is 30.3 Å². The molecule has 4 rings (SSSR count). The van der Waals surface area contributed by atoms with Crippen LogP contribution in [0.25, 0.3) is 21.7 Å². The number of aromatic nitrogens is 1. The van der Waals surface area contributed by atoms with E-state index >= 15 is 0 Å². The van der Waals surface area contributed by atoms with Crippen LogP contribution in [0, 0.1) is 0 Å². The van der Waals surface area contributed by atoms with Crippen LogP contribution in [-0.2, 0) is 0 Å². The van der Waals surface area contributed by atoms with E-state index in [2.05, 4.69) is 15.8 Å². The lowest BCUT2D eigenvalue weighted by molar-refractivity contribution is 0.0847. The molecule has 0 spiro atoms. The lowest BCUT2D eigenvalue weighted by Crippen LogP contribution is -2.41. The molecule has 3 aromatic carbocycles. The third-order valence-corrected chi connectivity index (χ3v) is 4.87. The number of nitrogens with zero attached hydrogens (tertiary/aromatic N) is 1.